The van der Waals surface area contributed by atoms with Gasteiger partial charge in [0, 0.05) is 6.42 Å². The molecule has 4 nitrogen and oxygen atoms in total. The summed E-state index contributed by atoms with van der Waals surface area (Å²) in [6.07, 6.45) is 1.69. The lowest BCUT2D eigenvalue weighted by atomic mass is 10.1. The lowest BCUT2D eigenvalue weighted by molar-refractivity contribution is -0.117. The number of carbonyl (C=O) groups is 1. The molecule has 24 heavy (non-hydrogen) atoms. The second-order valence-corrected chi connectivity index (χ2v) is 7.66. The second-order valence-electron chi connectivity index (χ2n) is 5.87. The van der Waals surface area contributed by atoms with E-state index in [2.05, 4.69) is 0 Å². The topological polar surface area (TPSA) is 54.5 Å². The number of aryl methyl sites for hydroxylation is 2. The Bertz CT molecular complexity index is 814. The molecule has 5 heteroatoms. The molecule has 0 bridgehead atoms. The molecular formula is C19H23NO3S. The van der Waals surface area contributed by atoms with Crippen molar-refractivity contribution in [3.8, 4) is 0 Å². The molecule has 2 aromatic carbocycles. The molecule has 0 fully saturated rings. The Morgan fingerprint density at radius 3 is 2.33 bits per heavy atom. The highest BCUT2D eigenvalue weighted by molar-refractivity contribution is 7.93. The Labute approximate surface area is 144 Å². The van der Waals surface area contributed by atoms with Crippen molar-refractivity contribution in [1.82, 2.24) is 0 Å². The van der Waals surface area contributed by atoms with Crippen LogP contribution in [0.1, 0.15) is 37.3 Å². The van der Waals surface area contributed by atoms with Crippen molar-refractivity contribution in [2.24, 2.45) is 0 Å². The molecule has 2 rings (SSSR count). The molecule has 0 aliphatic heterocycles. The number of carbonyl (C=O) groups excluding carboxylic acids is 1. The molecule has 0 saturated carbocycles. The summed E-state index contributed by atoms with van der Waals surface area (Å²) in [5.41, 5.74) is 2.09. The average Bonchev–Trinajstić information content (AvgIpc) is 2.57. The summed E-state index contributed by atoms with van der Waals surface area (Å²) < 4.78 is 27.2. The zero-order chi connectivity index (χ0) is 17.7. The number of unbranched alkanes of at least 4 members (excludes halogenated alkanes) is 1. The summed E-state index contributed by atoms with van der Waals surface area (Å²) in [6.45, 7) is 5.67. The van der Waals surface area contributed by atoms with E-state index in [1.807, 2.05) is 32.9 Å². The normalized spacial score (nSPS) is 11.3. The van der Waals surface area contributed by atoms with E-state index in [1.54, 1.807) is 24.3 Å². The van der Waals surface area contributed by atoms with Crippen molar-refractivity contribution in [2.75, 3.05) is 4.31 Å². The highest BCUT2D eigenvalue weighted by Gasteiger charge is 2.31. The number of rotatable bonds is 6. The Morgan fingerprint density at radius 1 is 1.04 bits per heavy atom. The van der Waals surface area contributed by atoms with E-state index in [1.165, 1.54) is 12.1 Å². The lowest BCUT2D eigenvalue weighted by Crippen LogP contribution is -2.37. The molecule has 0 atom stereocenters. The fourth-order valence-electron chi connectivity index (χ4n) is 2.46. The third-order valence-corrected chi connectivity index (χ3v) is 5.58. The maximum Gasteiger partial charge on any atom is 0.270 e. The number of anilines is 1. The van der Waals surface area contributed by atoms with Crippen molar-refractivity contribution < 1.29 is 13.2 Å². The number of amides is 1. The van der Waals surface area contributed by atoms with E-state index in [0.29, 0.717) is 12.1 Å². The van der Waals surface area contributed by atoms with Gasteiger partial charge in [-0.25, -0.2) is 12.7 Å². The van der Waals surface area contributed by atoms with Crippen molar-refractivity contribution in [2.45, 2.75) is 44.9 Å². The van der Waals surface area contributed by atoms with Crippen LogP contribution in [0.3, 0.4) is 0 Å². The Hall–Kier alpha value is -2.14. The molecule has 0 N–H and O–H groups in total. The molecule has 0 heterocycles. The molecule has 0 unspecified atom stereocenters. The van der Waals surface area contributed by atoms with Crippen molar-refractivity contribution in [1.29, 1.82) is 0 Å². The molecule has 0 spiro atoms. The first kappa shape index (κ1) is 18.2. The van der Waals surface area contributed by atoms with Crippen LogP contribution in [0.5, 0.6) is 0 Å². The first-order valence-electron chi connectivity index (χ1n) is 8.08. The highest BCUT2D eigenvalue weighted by atomic mass is 32.2. The summed E-state index contributed by atoms with van der Waals surface area (Å²) in [5.74, 6) is -0.394. The third kappa shape index (κ3) is 3.85. The summed E-state index contributed by atoms with van der Waals surface area (Å²) in [5, 5.41) is 0. The van der Waals surface area contributed by atoms with E-state index < -0.39 is 15.9 Å². The van der Waals surface area contributed by atoms with Crippen LogP contribution in [0, 0.1) is 13.8 Å². The van der Waals surface area contributed by atoms with Crippen LogP contribution in [0.4, 0.5) is 5.69 Å². The van der Waals surface area contributed by atoms with E-state index in [9.17, 15) is 13.2 Å². The molecule has 0 radical (unpaired) electrons. The number of benzene rings is 2. The minimum absolute atomic E-state index is 0.121. The maximum atomic E-state index is 13.1. The minimum atomic E-state index is -3.94. The van der Waals surface area contributed by atoms with Gasteiger partial charge in [-0.15, -0.1) is 0 Å². The lowest BCUT2D eigenvalue weighted by Gasteiger charge is -2.24. The summed E-state index contributed by atoms with van der Waals surface area (Å²) in [7, 11) is -3.94. The van der Waals surface area contributed by atoms with E-state index >= 15 is 0 Å². The molecule has 128 valence electrons. The molecule has 0 aliphatic rings. The van der Waals surface area contributed by atoms with Gasteiger partial charge < -0.3 is 0 Å². The van der Waals surface area contributed by atoms with Gasteiger partial charge in [-0.2, -0.15) is 0 Å². The van der Waals surface area contributed by atoms with Crippen LogP contribution < -0.4 is 4.31 Å². The van der Waals surface area contributed by atoms with Crippen LogP contribution in [0.15, 0.2) is 53.4 Å². The quantitative estimate of drug-likeness (QED) is 0.788. The zero-order valence-electron chi connectivity index (χ0n) is 14.3. The predicted octanol–water partition coefficient (Wildman–Crippen LogP) is 4.22. The van der Waals surface area contributed by atoms with Gasteiger partial charge in [0.1, 0.15) is 0 Å². The van der Waals surface area contributed by atoms with E-state index in [0.717, 1.165) is 21.9 Å². The van der Waals surface area contributed by atoms with E-state index in [4.69, 9.17) is 0 Å². The summed E-state index contributed by atoms with van der Waals surface area (Å²) in [4.78, 5) is 12.9. The largest absolute Gasteiger partial charge is 0.273 e. The second kappa shape index (κ2) is 7.62. The maximum absolute atomic E-state index is 13.1. The van der Waals surface area contributed by atoms with Gasteiger partial charge in [0.15, 0.2) is 0 Å². The third-order valence-electron chi connectivity index (χ3n) is 3.84. The minimum Gasteiger partial charge on any atom is -0.273 e. The van der Waals surface area contributed by atoms with E-state index in [-0.39, 0.29) is 11.3 Å². The van der Waals surface area contributed by atoms with Gasteiger partial charge in [0.2, 0.25) is 5.91 Å². The average molecular weight is 345 g/mol. The van der Waals surface area contributed by atoms with Crippen LogP contribution >= 0.6 is 0 Å². The van der Waals surface area contributed by atoms with Crippen molar-refractivity contribution in [3.05, 3.63) is 59.7 Å². The van der Waals surface area contributed by atoms with Crippen LogP contribution in [-0.4, -0.2) is 14.3 Å². The van der Waals surface area contributed by atoms with Crippen molar-refractivity contribution in [3.63, 3.8) is 0 Å². The van der Waals surface area contributed by atoms with Gasteiger partial charge >= 0.3 is 0 Å². The molecule has 0 aromatic heterocycles. The van der Waals surface area contributed by atoms with Gasteiger partial charge in [0.05, 0.1) is 10.6 Å². The molecule has 1 amide bonds. The summed E-state index contributed by atoms with van der Waals surface area (Å²) >= 11 is 0. The van der Waals surface area contributed by atoms with Gasteiger partial charge in [-0.3, -0.25) is 4.79 Å². The van der Waals surface area contributed by atoms with Crippen LogP contribution in [-0.2, 0) is 14.8 Å². The number of hydrogen-bond donors (Lipinski definition) is 0. The SMILES string of the molecule is CCCCC(=O)N(c1cc(C)ccc1C)S(=O)(=O)c1ccccc1. The number of sulfonamides is 1. The Balaban J connectivity index is 2.59. The smallest absolute Gasteiger partial charge is 0.270 e. The summed E-state index contributed by atoms with van der Waals surface area (Å²) in [6, 6.07) is 13.6. The number of nitrogens with zero attached hydrogens (tertiary/aromatic N) is 1. The van der Waals surface area contributed by atoms with Crippen LogP contribution in [0.2, 0.25) is 0 Å². The fraction of sp³-hybridized carbons (Fsp3) is 0.316. The standard InChI is InChI=1S/C19H23NO3S/c1-4-5-11-19(21)20(18-14-15(2)12-13-16(18)3)24(22,23)17-9-7-6-8-10-17/h6-10,12-14H,4-5,11H2,1-3H3. The first-order chi connectivity index (χ1) is 11.4. The monoisotopic (exact) mass is 345 g/mol. The Morgan fingerprint density at radius 2 is 1.71 bits per heavy atom. The zero-order valence-corrected chi connectivity index (χ0v) is 15.1. The Kier molecular flexibility index (Phi) is 5.78. The molecular weight excluding hydrogens is 322 g/mol. The van der Waals surface area contributed by atoms with Crippen molar-refractivity contribution >= 4 is 21.6 Å². The predicted molar refractivity (Wildman–Crippen MR) is 96.6 cm³/mol. The molecule has 2 aromatic rings. The highest BCUT2D eigenvalue weighted by Crippen LogP contribution is 2.29. The molecule has 0 saturated heterocycles. The van der Waals surface area contributed by atoms with Gasteiger partial charge in [-0.05, 0) is 49.6 Å². The number of hydrogen-bond acceptors (Lipinski definition) is 3. The molecule has 0 aliphatic carbocycles. The van der Waals surface area contributed by atoms with Gasteiger partial charge in [0.25, 0.3) is 10.0 Å². The van der Waals surface area contributed by atoms with Gasteiger partial charge in [-0.1, -0.05) is 43.7 Å². The first-order valence-corrected chi connectivity index (χ1v) is 9.52. The fourth-order valence-corrected chi connectivity index (χ4v) is 3.99. The van der Waals surface area contributed by atoms with Crippen LogP contribution in [0.25, 0.3) is 0 Å².